The molecule has 0 bridgehead atoms. The van der Waals surface area contributed by atoms with Crippen LogP contribution in [-0.2, 0) is 23.2 Å². The van der Waals surface area contributed by atoms with E-state index in [0.29, 0.717) is 23.1 Å². The maximum Gasteiger partial charge on any atom is 0.251 e. The van der Waals surface area contributed by atoms with Crippen LogP contribution in [0.2, 0.25) is 0 Å². The molecule has 4 aromatic rings. The Morgan fingerprint density at radius 2 is 1.63 bits per heavy atom. The zero-order valence-corrected chi connectivity index (χ0v) is 22.7. The first-order chi connectivity index (χ1) is 18.3. The fourth-order valence-corrected chi connectivity index (χ4v) is 5.38. The molecule has 194 valence electrons. The van der Waals surface area contributed by atoms with Gasteiger partial charge in [-0.2, -0.15) is 0 Å². The van der Waals surface area contributed by atoms with Gasteiger partial charge in [0.05, 0.1) is 12.3 Å². The van der Waals surface area contributed by atoms with Crippen molar-refractivity contribution < 1.29 is 9.59 Å². The van der Waals surface area contributed by atoms with Crippen LogP contribution in [0.4, 0.5) is 5.69 Å². The molecular formula is C30H31N5O2S. The fraction of sp³-hybridized carbons (Fsp3) is 0.267. The Balaban J connectivity index is 1.30. The van der Waals surface area contributed by atoms with E-state index in [1.807, 2.05) is 82.3 Å². The quantitative estimate of drug-likeness (QED) is 0.337. The predicted molar refractivity (Wildman–Crippen MR) is 151 cm³/mol. The van der Waals surface area contributed by atoms with Crippen LogP contribution >= 0.6 is 11.8 Å². The third kappa shape index (κ3) is 5.50. The number of rotatable bonds is 7. The molecule has 1 N–H and O–H groups in total. The molecule has 38 heavy (non-hydrogen) atoms. The minimum absolute atomic E-state index is 0.0225. The van der Waals surface area contributed by atoms with Crippen LogP contribution in [0.15, 0.2) is 84.0 Å². The van der Waals surface area contributed by atoms with E-state index in [1.165, 1.54) is 22.9 Å². The molecule has 0 atom stereocenters. The van der Waals surface area contributed by atoms with Crippen molar-refractivity contribution in [3.05, 3.63) is 101 Å². The van der Waals surface area contributed by atoms with Gasteiger partial charge in [-0.3, -0.25) is 14.2 Å². The van der Waals surface area contributed by atoms with Gasteiger partial charge in [-0.25, -0.2) is 0 Å². The maximum atomic E-state index is 13.1. The Morgan fingerprint density at radius 1 is 0.921 bits per heavy atom. The topological polar surface area (TPSA) is 80.1 Å². The smallest absolute Gasteiger partial charge is 0.251 e. The third-order valence-corrected chi connectivity index (χ3v) is 7.56. The molecule has 0 aliphatic carbocycles. The maximum absolute atomic E-state index is 13.1. The summed E-state index contributed by atoms with van der Waals surface area (Å²) < 4.78 is 1.90. The number of anilines is 1. The molecule has 8 heteroatoms. The first kappa shape index (κ1) is 25.7. The van der Waals surface area contributed by atoms with Crippen LogP contribution in [0.1, 0.15) is 48.1 Å². The molecule has 1 aliphatic heterocycles. The van der Waals surface area contributed by atoms with E-state index < -0.39 is 0 Å². The number of benzene rings is 3. The SMILES string of the molecule is CC(C)(C)c1ccc(C(=O)NCc2nnc(SCC(=O)N3CCc4ccccc43)n2-c2ccccc2)cc1. The van der Waals surface area contributed by atoms with Gasteiger partial charge in [-0.1, -0.05) is 81.1 Å². The second-order valence-corrected chi connectivity index (χ2v) is 11.2. The Morgan fingerprint density at radius 3 is 2.37 bits per heavy atom. The molecule has 2 heterocycles. The van der Waals surface area contributed by atoms with Gasteiger partial charge >= 0.3 is 0 Å². The number of carbonyl (C=O) groups is 2. The lowest BCUT2D eigenvalue weighted by molar-refractivity contribution is -0.116. The van der Waals surface area contributed by atoms with Crippen molar-refractivity contribution in [2.45, 2.75) is 44.3 Å². The van der Waals surface area contributed by atoms with Crippen LogP contribution in [-0.4, -0.2) is 38.9 Å². The lowest BCUT2D eigenvalue weighted by atomic mass is 9.87. The summed E-state index contributed by atoms with van der Waals surface area (Å²) in [6, 6.07) is 25.5. The minimum Gasteiger partial charge on any atom is -0.345 e. The van der Waals surface area contributed by atoms with E-state index in [0.717, 1.165) is 17.8 Å². The van der Waals surface area contributed by atoms with Crippen LogP contribution in [0.3, 0.4) is 0 Å². The number of carbonyl (C=O) groups excluding carboxylic acids is 2. The van der Waals surface area contributed by atoms with E-state index >= 15 is 0 Å². The third-order valence-electron chi connectivity index (χ3n) is 6.65. The van der Waals surface area contributed by atoms with E-state index in [1.54, 1.807) is 0 Å². The molecule has 0 fully saturated rings. The zero-order chi connectivity index (χ0) is 26.7. The highest BCUT2D eigenvalue weighted by atomic mass is 32.2. The van der Waals surface area contributed by atoms with Gasteiger partial charge in [-0.05, 0) is 53.3 Å². The molecule has 0 radical (unpaired) electrons. The molecule has 2 amide bonds. The number of hydrogen-bond acceptors (Lipinski definition) is 5. The zero-order valence-electron chi connectivity index (χ0n) is 21.8. The van der Waals surface area contributed by atoms with Crippen LogP contribution in [0.5, 0.6) is 0 Å². The Kier molecular flexibility index (Phi) is 7.33. The molecule has 1 aliphatic rings. The number of amides is 2. The molecule has 1 aromatic heterocycles. The Bertz CT molecular complexity index is 1440. The predicted octanol–water partition coefficient (Wildman–Crippen LogP) is 5.18. The number of aromatic nitrogens is 3. The summed E-state index contributed by atoms with van der Waals surface area (Å²) in [6.45, 7) is 7.33. The second kappa shape index (κ2) is 10.8. The van der Waals surface area contributed by atoms with Gasteiger partial charge in [0.25, 0.3) is 5.91 Å². The highest BCUT2D eigenvalue weighted by molar-refractivity contribution is 7.99. The average molecular weight is 526 g/mol. The van der Waals surface area contributed by atoms with Gasteiger partial charge in [0.15, 0.2) is 11.0 Å². The molecular weight excluding hydrogens is 494 g/mol. The van der Waals surface area contributed by atoms with Crippen molar-refractivity contribution in [1.29, 1.82) is 0 Å². The first-order valence-corrected chi connectivity index (χ1v) is 13.7. The van der Waals surface area contributed by atoms with Crippen molar-refractivity contribution in [1.82, 2.24) is 20.1 Å². The van der Waals surface area contributed by atoms with E-state index in [4.69, 9.17) is 0 Å². The molecule has 5 rings (SSSR count). The fourth-order valence-electron chi connectivity index (χ4n) is 4.53. The molecule has 0 saturated carbocycles. The summed E-state index contributed by atoms with van der Waals surface area (Å²) in [5.74, 6) is 0.699. The lowest BCUT2D eigenvalue weighted by Crippen LogP contribution is -2.30. The summed E-state index contributed by atoms with van der Waals surface area (Å²) in [5, 5.41) is 12.3. The van der Waals surface area contributed by atoms with Crippen molar-refractivity contribution in [2.24, 2.45) is 0 Å². The van der Waals surface area contributed by atoms with Gasteiger partial charge in [-0.15, -0.1) is 10.2 Å². The Hall–Kier alpha value is -3.91. The summed E-state index contributed by atoms with van der Waals surface area (Å²) >= 11 is 1.35. The molecule has 0 saturated heterocycles. The summed E-state index contributed by atoms with van der Waals surface area (Å²) in [5.41, 5.74) is 4.85. The highest BCUT2D eigenvalue weighted by Crippen LogP contribution is 2.29. The number of fused-ring (bicyclic) bond motifs is 1. The van der Waals surface area contributed by atoms with E-state index in [9.17, 15) is 9.59 Å². The number of thioether (sulfide) groups is 1. The minimum atomic E-state index is -0.176. The normalized spacial score (nSPS) is 12.9. The van der Waals surface area contributed by atoms with Crippen molar-refractivity contribution in [2.75, 3.05) is 17.2 Å². The standard InChI is InChI=1S/C30H31N5O2S/c1-30(2,3)23-15-13-22(14-16-23)28(37)31-19-26-32-33-29(35(26)24-10-5-4-6-11-24)38-20-27(36)34-18-17-21-9-7-8-12-25(21)34/h4-16H,17-20H2,1-3H3,(H,31,37). The van der Waals surface area contributed by atoms with Crippen LogP contribution in [0.25, 0.3) is 5.69 Å². The molecule has 0 spiro atoms. The van der Waals surface area contributed by atoms with Gasteiger partial charge in [0.2, 0.25) is 5.91 Å². The number of para-hydroxylation sites is 2. The van der Waals surface area contributed by atoms with Gasteiger partial charge < -0.3 is 10.2 Å². The van der Waals surface area contributed by atoms with Crippen molar-refractivity contribution in [3.63, 3.8) is 0 Å². The second-order valence-electron chi connectivity index (χ2n) is 10.3. The van der Waals surface area contributed by atoms with Gasteiger partial charge in [0.1, 0.15) is 0 Å². The average Bonchev–Trinajstić information content (AvgIpc) is 3.55. The van der Waals surface area contributed by atoms with Gasteiger partial charge in [0, 0.05) is 23.5 Å². The molecule has 0 unspecified atom stereocenters. The number of nitrogens with zero attached hydrogens (tertiary/aromatic N) is 4. The highest BCUT2D eigenvalue weighted by Gasteiger charge is 2.25. The summed E-state index contributed by atoms with van der Waals surface area (Å²) in [7, 11) is 0. The monoisotopic (exact) mass is 525 g/mol. The van der Waals surface area contributed by atoms with Crippen molar-refractivity contribution >= 4 is 29.3 Å². The first-order valence-electron chi connectivity index (χ1n) is 12.7. The lowest BCUT2D eigenvalue weighted by Gasteiger charge is -2.19. The van der Waals surface area contributed by atoms with Crippen molar-refractivity contribution in [3.8, 4) is 5.69 Å². The number of nitrogens with one attached hydrogen (secondary N) is 1. The molecule has 3 aromatic carbocycles. The largest absolute Gasteiger partial charge is 0.345 e. The Labute approximate surface area is 227 Å². The van der Waals surface area contributed by atoms with E-state index in [2.05, 4.69) is 42.4 Å². The summed E-state index contributed by atoms with van der Waals surface area (Å²) in [4.78, 5) is 27.8. The van der Waals surface area contributed by atoms with Crippen LogP contribution in [0, 0.1) is 0 Å². The molecule has 7 nitrogen and oxygen atoms in total. The number of hydrogen-bond donors (Lipinski definition) is 1. The van der Waals surface area contributed by atoms with Crippen LogP contribution < -0.4 is 10.2 Å². The summed E-state index contributed by atoms with van der Waals surface area (Å²) in [6.07, 6.45) is 0.871. The van der Waals surface area contributed by atoms with E-state index in [-0.39, 0.29) is 29.5 Å².